The molecule has 0 heterocycles. The minimum Gasteiger partial charge on any atom is -0.452 e. The van der Waals surface area contributed by atoms with Crippen LogP contribution in [-0.2, 0) is 19.4 Å². The summed E-state index contributed by atoms with van der Waals surface area (Å²) >= 11 is 5.95. The molecule has 1 saturated carbocycles. The van der Waals surface area contributed by atoms with E-state index in [9.17, 15) is 18.0 Å². The first-order valence-electron chi connectivity index (χ1n) is 8.55. The number of rotatable bonds is 5. The quantitative estimate of drug-likeness (QED) is 0.766. The van der Waals surface area contributed by atoms with Crippen LogP contribution in [-0.4, -0.2) is 39.2 Å². The summed E-state index contributed by atoms with van der Waals surface area (Å²) in [7, 11) is -3.48. The number of amides is 1. The maximum absolute atomic E-state index is 12.2. The lowest BCUT2D eigenvalue weighted by molar-refractivity contribution is -0.125. The van der Waals surface area contributed by atoms with Crippen LogP contribution in [0, 0.1) is 11.8 Å². The molecule has 0 saturated heterocycles. The molecule has 1 aliphatic rings. The minimum absolute atomic E-state index is 0.0386. The average Bonchev–Trinajstić information content (AvgIpc) is 2.56. The van der Waals surface area contributed by atoms with Crippen molar-refractivity contribution in [2.24, 2.45) is 11.8 Å². The lowest BCUT2D eigenvalue weighted by Gasteiger charge is -2.34. The number of halogens is 1. The van der Waals surface area contributed by atoms with Gasteiger partial charge in [-0.1, -0.05) is 38.3 Å². The summed E-state index contributed by atoms with van der Waals surface area (Å²) in [6.45, 7) is 3.84. The molecule has 0 bridgehead atoms. The molecule has 1 N–H and O–H groups in total. The maximum atomic E-state index is 12.2. The Bertz CT molecular complexity index is 793. The molecule has 0 radical (unpaired) electrons. The van der Waals surface area contributed by atoms with Gasteiger partial charge in [0.05, 0.1) is 15.5 Å². The van der Waals surface area contributed by atoms with Gasteiger partial charge in [0.2, 0.25) is 0 Å². The number of hydrogen-bond donors (Lipinski definition) is 1. The Morgan fingerprint density at radius 3 is 2.62 bits per heavy atom. The van der Waals surface area contributed by atoms with Crippen LogP contribution in [0.1, 0.15) is 43.5 Å². The number of benzene rings is 1. The fourth-order valence-electron chi connectivity index (χ4n) is 3.13. The van der Waals surface area contributed by atoms with Crippen LogP contribution in [0.2, 0.25) is 5.02 Å². The number of sulfone groups is 1. The second-order valence-electron chi connectivity index (χ2n) is 6.93. The lowest BCUT2D eigenvalue weighted by atomic mass is 9.78. The predicted molar refractivity (Wildman–Crippen MR) is 99.0 cm³/mol. The van der Waals surface area contributed by atoms with Gasteiger partial charge in [-0.15, -0.1) is 0 Å². The van der Waals surface area contributed by atoms with E-state index in [1.807, 2.05) is 0 Å². The zero-order valence-corrected chi connectivity index (χ0v) is 16.7. The molecule has 2 rings (SSSR count). The van der Waals surface area contributed by atoms with Crippen molar-refractivity contribution in [1.29, 1.82) is 0 Å². The summed E-state index contributed by atoms with van der Waals surface area (Å²) in [6, 6.07) is 3.86. The Balaban J connectivity index is 1.97. The van der Waals surface area contributed by atoms with Gasteiger partial charge in [-0.05, 0) is 36.5 Å². The van der Waals surface area contributed by atoms with Gasteiger partial charge in [0.1, 0.15) is 0 Å². The van der Waals surface area contributed by atoms with Gasteiger partial charge in [-0.3, -0.25) is 4.79 Å². The number of nitrogens with one attached hydrogen (secondary N) is 1. The molecule has 26 heavy (non-hydrogen) atoms. The zero-order chi connectivity index (χ0) is 19.5. The monoisotopic (exact) mass is 401 g/mol. The molecule has 1 amide bonds. The van der Waals surface area contributed by atoms with Crippen LogP contribution in [0.5, 0.6) is 0 Å². The van der Waals surface area contributed by atoms with Gasteiger partial charge in [0.25, 0.3) is 5.91 Å². The van der Waals surface area contributed by atoms with E-state index >= 15 is 0 Å². The predicted octanol–water partition coefficient (Wildman–Crippen LogP) is 2.84. The van der Waals surface area contributed by atoms with Crippen molar-refractivity contribution in [1.82, 2.24) is 5.32 Å². The molecule has 6 nitrogen and oxygen atoms in total. The van der Waals surface area contributed by atoms with Gasteiger partial charge in [-0.25, -0.2) is 13.2 Å². The number of esters is 1. The van der Waals surface area contributed by atoms with Crippen LogP contribution < -0.4 is 5.32 Å². The Labute approximate surface area is 159 Å². The highest BCUT2D eigenvalue weighted by molar-refractivity contribution is 7.90. The number of carbonyl (C=O) groups excluding carboxylic acids is 2. The molecule has 8 heteroatoms. The van der Waals surface area contributed by atoms with Crippen molar-refractivity contribution in [3.05, 3.63) is 28.8 Å². The molecule has 144 valence electrons. The third-order valence-corrected chi connectivity index (χ3v) is 6.41. The molecule has 0 aromatic heterocycles. The lowest BCUT2D eigenvalue weighted by Crippen LogP contribution is -2.45. The second-order valence-corrected chi connectivity index (χ2v) is 9.35. The van der Waals surface area contributed by atoms with E-state index in [-0.39, 0.29) is 27.4 Å². The van der Waals surface area contributed by atoms with Crippen LogP contribution in [0.3, 0.4) is 0 Å². The molecule has 1 aromatic rings. The molecular weight excluding hydrogens is 378 g/mol. The molecule has 0 unspecified atom stereocenters. The fourth-order valence-corrected chi connectivity index (χ4v) is 3.98. The Hall–Kier alpha value is -1.60. The third kappa shape index (κ3) is 5.20. The number of carbonyl (C=O) groups is 2. The van der Waals surface area contributed by atoms with Gasteiger partial charge < -0.3 is 10.1 Å². The van der Waals surface area contributed by atoms with E-state index in [1.54, 1.807) is 0 Å². The van der Waals surface area contributed by atoms with E-state index < -0.39 is 22.4 Å². The summed E-state index contributed by atoms with van der Waals surface area (Å²) in [6.07, 6.45) is 4.15. The zero-order valence-electron chi connectivity index (χ0n) is 15.1. The first kappa shape index (κ1) is 20.7. The van der Waals surface area contributed by atoms with E-state index in [2.05, 4.69) is 19.2 Å². The first-order valence-corrected chi connectivity index (χ1v) is 10.8. The van der Waals surface area contributed by atoms with E-state index in [4.69, 9.17) is 16.3 Å². The molecule has 1 aromatic carbocycles. The van der Waals surface area contributed by atoms with E-state index in [1.165, 1.54) is 12.1 Å². The van der Waals surface area contributed by atoms with E-state index in [0.29, 0.717) is 11.8 Å². The number of hydrogen-bond acceptors (Lipinski definition) is 5. The van der Waals surface area contributed by atoms with Gasteiger partial charge >= 0.3 is 5.97 Å². The fraction of sp³-hybridized carbons (Fsp3) is 0.556. The van der Waals surface area contributed by atoms with Crippen LogP contribution in [0.4, 0.5) is 0 Å². The van der Waals surface area contributed by atoms with Crippen molar-refractivity contribution in [3.8, 4) is 0 Å². The van der Waals surface area contributed by atoms with E-state index in [0.717, 1.165) is 31.6 Å². The highest BCUT2D eigenvalue weighted by Gasteiger charge is 2.28. The maximum Gasteiger partial charge on any atom is 0.340 e. The Kier molecular flexibility index (Phi) is 6.69. The van der Waals surface area contributed by atoms with Crippen molar-refractivity contribution in [3.63, 3.8) is 0 Å². The molecule has 3 atom stereocenters. The first-order chi connectivity index (χ1) is 12.1. The van der Waals surface area contributed by atoms with Crippen LogP contribution in [0.25, 0.3) is 0 Å². The molecule has 1 fully saturated rings. The van der Waals surface area contributed by atoms with Crippen molar-refractivity contribution in [2.75, 3.05) is 12.9 Å². The van der Waals surface area contributed by atoms with Gasteiger partial charge in [0, 0.05) is 12.3 Å². The average molecular weight is 402 g/mol. The van der Waals surface area contributed by atoms with Crippen molar-refractivity contribution < 1.29 is 22.7 Å². The summed E-state index contributed by atoms with van der Waals surface area (Å²) in [5.74, 6) is -0.307. The highest BCUT2D eigenvalue weighted by atomic mass is 35.5. The summed E-state index contributed by atoms with van der Waals surface area (Å²) in [5.41, 5.74) is -0.0814. The molecule has 0 aliphatic heterocycles. The molecule has 1 aliphatic carbocycles. The summed E-state index contributed by atoms with van der Waals surface area (Å²) < 4.78 is 28.2. The van der Waals surface area contributed by atoms with Gasteiger partial charge in [0.15, 0.2) is 16.4 Å². The Morgan fingerprint density at radius 1 is 1.27 bits per heavy atom. The van der Waals surface area contributed by atoms with Crippen molar-refractivity contribution in [2.45, 2.75) is 44.0 Å². The number of ether oxygens (including phenoxy) is 1. The smallest absolute Gasteiger partial charge is 0.340 e. The largest absolute Gasteiger partial charge is 0.452 e. The normalized spacial score (nSPS) is 23.3. The standard InChI is InChI=1S/C18H24ClNO5S/c1-11-5-4-6-16(12(11)2)20-17(21)10-25-18(22)14-9-13(26(3,23)24)7-8-15(14)19/h7-9,11-12,16H,4-6,10H2,1-3H3,(H,20,21)/t11-,12-,16+/m0/s1. The minimum atomic E-state index is -3.48. The van der Waals surface area contributed by atoms with Gasteiger partial charge in [-0.2, -0.15) is 0 Å². The molecular formula is C18H24ClNO5S. The SMILES string of the molecule is C[C@H]1[C@@H](C)CCC[C@H]1NC(=O)COC(=O)c1cc(S(C)(=O)=O)ccc1Cl. The highest BCUT2D eigenvalue weighted by Crippen LogP contribution is 2.29. The Morgan fingerprint density at radius 2 is 1.96 bits per heavy atom. The summed E-state index contributed by atoms with van der Waals surface area (Å²) in [4.78, 5) is 24.2. The van der Waals surface area contributed by atoms with Crippen LogP contribution >= 0.6 is 11.6 Å². The topological polar surface area (TPSA) is 89.5 Å². The van der Waals surface area contributed by atoms with Crippen molar-refractivity contribution >= 4 is 33.3 Å². The molecule has 0 spiro atoms. The third-order valence-electron chi connectivity index (χ3n) is 4.97. The second kappa shape index (κ2) is 8.39. The van der Waals surface area contributed by atoms with Crippen LogP contribution in [0.15, 0.2) is 23.1 Å². The summed E-state index contributed by atoms with van der Waals surface area (Å²) in [5, 5.41) is 2.98.